The van der Waals surface area contributed by atoms with E-state index in [4.69, 9.17) is 20.9 Å². The number of piperazine rings is 1. The highest BCUT2D eigenvalue weighted by molar-refractivity contribution is 6.04. The highest BCUT2D eigenvalue weighted by Gasteiger charge is 2.44. The summed E-state index contributed by atoms with van der Waals surface area (Å²) in [5.41, 5.74) is 15.6. The number of halogens is 1. The van der Waals surface area contributed by atoms with E-state index in [2.05, 4.69) is 20.2 Å². The Hall–Kier alpha value is -3.37. The van der Waals surface area contributed by atoms with Crippen LogP contribution in [0.25, 0.3) is 0 Å². The molecule has 1 aromatic carbocycles. The van der Waals surface area contributed by atoms with Crippen LogP contribution in [-0.4, -0.2) is 54.4 Å². The van der Waals surface area contributed by atoms with Crippen LogP contribution in [0, 0.1) is 5.82 Å². The number of rotatable bonds is 5. The van der Waals surface area contributed by atoms with Crippen molar-refractivity contribution in [3.63, 3.8) is 0 Å². The molecule has 1 aromatic heterocycles. The van der Waals surface area contributed by atoms with E-state index in [1.54, 1.807) is 17.3 Å². The Bertz CT molecular complexity index is 1020. The molecule has 2 aromatic rings. The lowest BCUT2D eigenvalue weighted by molar-refractivity contribution is 0.163. The van der Waals surface area contributed by atoms with Crippen molar-refractivity contribution >= 4 is 17.5 Å². The summed E-state index contributed by atoms with van der Waals surface area (Å²) in [5, 5.41) is 1.64. The Morgan fingerprint density at radius 2 is 1.87 bits per heavy atom. The number of guanidine groups is 1. The van der Waals surface area contributed by atoms with Gasteiger partial charge < -0.3 is 20.8 Å². The van der Waals surface area contributed by atoms with Gasteiger partial charge in [-0.05, 0) is 36.4 Å². The summed E-state index contributed by atoms with van der Waals surface area (Å²) < 4.78 is 18.9. The molecule has 5 rings (SSSR count). The zero-order valence-electron chi connectivity index (χ0n) is 17.0. The fraction of sp³-hybridized carbons (Fsp3) is 0.333. The van der Waals surface area contributed by atoms with Crippen LogP contribution in [0.3, 0.4) is 0 Å². The standard InChI is InChI=1S/C21H25FN8O/c22-15-3-5-16(6-4-15)29-11-9-28(10-12-29)8-7-21(17-2-1-13-31-17)26-20-25-18(23)14-19(24)30(20)27-21/h1-6,13-14,27H,7-12,24H2,(H2,23,25,26). The number of hydrazine groups is 1. The lowest BCUT2D eigenvalue weighted by Crippen LogP contribution is -2.51. The van der Waals surface area contributed by atoms with Crippen molar-refractivity contribution in [1.82, 2.24) is 15.3 Å². The SMILES string of the molecule is NC1=CC(N)=NC2=NC(CCN3CCN(c4ccc(F)cc4)CC3)(c3ccco3)NN12. The number of furan rings is 1. The number of nitrogens with zero attached hydrogens (tertiary/aromatic N) is 5. The minimum Gasteiger partial charge on any atom is -0.465 e. The molecule has 3 aliphatic heterocycles. The van der Waals surface area contributed by atoms with E-state index in [0.29, 0.717) is 29.8 Å². The summed E-state index contributed by atoms with van der Waals surface area (Å²) in [7, 11) is 0. The van der Waals surface area contributed by atoms with Crippen LogP contribution in [0.2, 0.25) is 0 Å². The van der Waals surface area contributed by atoms with E-state index in [1.165, 1.54) is 12.1 Å². The molecule has 1 unspecified atom stereocenters. The van der Waals surface area contributed by atoms with Gasteiger partial charge >= 0.3 is 0 Å². The van der Waals surface area contributed by atoms with Crippen molar-refractivity contribution < 1.29 is 8.81 Å². The molecule has 0 radical (unpaired) electrons. The number of fused-ring (bicyclic) bond motifs is 1. The maximum absolute atomic E-state index is 13.2. The van der Waals surface area contributed by atoms with E-state index in [0.717, 1.165) is 38.4 Å². The first-order valence-corrected chi connectivity index (χ1v) is 10.3. The molecular weight excluding hydrogens is 399 g/mol. The second-order valence-electron chi connectivity index (χ2n) is 7.86. The monoisotopic (exact) mass is 424 g/mol. The van der Waals surface area contributed by atoms with Crippen molar-refractivity contribution in [2.75, 3.05) is 37.6 Å². The van der Waals surface area contributed by atoms with E-state index in [9.17, 15) is 4.39 Å². The Morgan fingerprint density at radius 1 is 1.10 bits per heavy atom. The number of anilines is 1. The maximum Gasteiger partial charge on any atom is 0.245 e. The second-order valence-corrected chi connectivity index (χ2v) is 7.86. The summed E-state index contributed by atoms with van der Waals surface area (Å²) >= 11 is 0. The van der Waals surface area contributed by atoms with Crippen LogP contribution >= 0.6 is 0 Å². The zero-order chi connectivity index (χ0) is 21.4. The topological polar surface area (TPSA) is 112 Å². The molecule has 0 bridgehead atoms. The molecule has 0 saturated carbocycles. The highest BCUT2D eigenvalue weighted by atomic mass is 19.1. The molecule has 3 aliphatic rings. The summed E-state index contributed by atoms with van der Waals surface area (Å²) in [4.78, 5) is 13.8. The molecule has 31 heavy (non-hydrogen) atoms. The van der Waals surface area contributed by atoms with E-state index in [1.807, 2.05) is 24.3 Å². The van der Waals surface area contributed by atoms with Crippen molar-refractivity contribution in [2.45, 2.75) is 12.1 Å². The Labute approximate surface area is 179 Å². The number of nitrogens with one attached hydrogen (secondary N) is 1. The highest BCUT2D eigenvalue weighted by Crippen LogP contribution is 2.34. The lowest BCUT2D eigenvalue weighted by atomic mass is 10.0. The smallest absolute Gasteiger partial charge is 0.245 e. The van der Waals surface area contributed by atoms with E-state index in [-0.39, 0.29) is 5.82 Å². The molecule has 0 spiro atoms. The summed E-state index contributed by atoms with van der Waals surface area (Å²) in [6.45, 7) is 4.37. The zero-order valence-corrected chi connectivity index (χ0v) is 17.0. The van der Waals surface area contributed by atoms with Crippen LogP contribution in [0.1, 0.15) is 12.2 Å². The van der Waals surface area contributed by atoms with Crippen molar-refractivity contribution in [3.05, 3.63) is 66.1 Å². The molecule has 1 saturated heterocycles. The molecule has 1 atom stereocenters. The van der Waals surface area contributed by atoms with Gasteiger partial charge in [-0.15, -0.1) is 0 Å². The molecule has 5 N–H and O–H groups in total. The minimum atomic E-state index is -0.806. The van der Waals surface area contributed by atoms with Gasteiger partial charge in [0.15, 0.2) is 5.66 Å². The molecule has 0 amide bonds. The number of nitrogens with two attached hydrogens (primary N) is 2. The second kappa shape index (κ2) is 7.71. The van der Waals surface area contributed by atoms with Crippen LogP contribution in [0.15, 0.2) is 69.0 Å². The molecule has 4 heterocycles. The lowest BCUT2D eigenvalue weighted by Gasteiger charge is -2.37. The third-order valence-corrected chi connectivity index (χ3v) is 5.85. The van der Waals surface area contributed by atoms with Gasteiger partial charge in [-0.3, -0.25) is 4.90 Å². The van der Waals surface area contributed by atoms with Crippen molar-refractivity contribution in [1.29, 1.82) is 0 Å². The number of hydrogen-bond acceptors (Lipinski definition) is 9. The Balaban J connectivity index is 1.27. The first-order valence-electron chi connectivity index (χ1n) is 10.3. The van der Waals surface area contributed by atoms with Gasteiger partial charge in [0.2, 0.25) is 5.96 Å². The maximum atomic E-state index is 13.2. The van der Waals surface area contributed by atoms with Gasteiger partial charge in [-0.1, -0.05) is 0 Å². The van der Waals surface area contributed by atoms with Gasteiger partial charge in [0, 0.05) is 50.9 Å². The largest absolute Gasteiger partial charge is 0.465 e. The Morgan fingerprint density at radius 3 is 2.58 bits per heavy atom. The van der Waals surface area contributed by atoms with E-state index >= 15 is 0 Å². The van der Waals surface area contributed by atoms with Gasteiger partial charge in [0.05, 0.1) is 6.26 Å². The summed E-state index contributed by atoms with van der Waals surface area (Å²) in [6.07, 6.45) is 3.90. The van der Waals surface area contributed by atoms with Crippen LogP contribution in [-0.2, 0) is 5.66 Å². The molecule has 10 heteroatoms. The minimum absolute atomic E-state index is 0.214. The van der Waals surface area contributed by atoms with Crippen LogP contribution in [0.4, 0.5) is 10.1 Å². The number of amidine groups is 1. The van der Waals surface area contributed by atoms with Gasteiger partial charge in [-0.25, -0.2) is 14.4 Å². The molecular formula is C21H25FN8O. The van der Waals surface area contributed by atoms with Crippen LogP contribution in [0.5, 0.6) is 0 Å². The van der Waals surface area contributed by atoms with Crippen LogP contribution < -0.4 is 21.8 Å². The molecule has 9 nitrogen and oxygen atoms in total. The third-order valence-electron chi connectivity index (χ3n) is 5.85. The van der Waals surface area contributed by atoms with Crippen molar-refractivity contribution in [3.8, 4) is 0 Å². The van der Waals surface area contributed by atoms with Gasteiger partial charge in [-0.2, -0.15) is 10.4 Å². The number of aliphatic imine (C=N–C) groups is 2. The predicted octanol–water partition coefficient (Wildman–Crippen LogP) is 1.13. The first-order chi connectivity index (χ1) is 15.0. The number of hydrogen-bond donors (Lipinski definition) is 3. The molecule has 162 valence electrons. The fourth-order valence-corrected chi connectivity index (χ4v) is 4.16. The third kappa shape index (κ3) is 3.75. The van der Waals surface area contributed by atoms with E-state index < -0.39 is 5.66 Å². The fourth-order valence-electron chi connectivity index (χ4n) is 4.16. The normalized spacial score (nSPS) is 24.0. The average Bonchev–Trinajstić information content (AvgIpc) is 3.42. The average molecular weight is 424 g/mol. The first kappa shape index (κ1) is 19.6. The van der Waals surface area contributed by atoms with Gasteiger partial charge in [0.1, 0.15) is 23.2 Å². The summed E-state index contributed by atoms with van der Waals surface area (Å²) in [5.74, 6) is 1.67. The quantitative estimate of drug-likeness (QED) is 0.660. The molecule has 1 fully saturated rings. The summed E-state index contributed by atoms with van der Waals surface area (Å²) in [6, 6.07) is 10.4. The van der Waals surface area contributed by atoms with Crippen molar-refractivity contribution in [2.24, 2.45) is 21.5 Å². The molecule has 0 aliphatic carbocycles. The predicted molar refractivity (Wildman–Crippen MR) is 116 cm³/mol. The van der Waals surface area contributed by atoms with Gasteiger partial charge in [0.25, 0.3) is 0 Å². The number of benzene rings is 1. The Kier molecular flexibility index (Phi) is 4.87.